The second kappa shape index (κ2) is 38.0. The van der Waals surface area contributed by atoms with Crippen LogP contribution in [0.25, 0.3) is 0 Å². The number of rotatable bonds is 40. The van der Waals surface area contributed by atoms with Crippen molar-refractivity contribution in [3.05, 3.63) is 35.4 Å². The van der Waals surface area contributed by atoms with Gasteiger partial charge in [0.1, 0.15) is 0 Å². The molecule has 0 aliphatic rings. The Labute approximate surface area is 336 Å². The van der Waals surface area contributed by atoms with E-state index in [1.165, 1.54) is 180 Å². The molecule has 0 aromatic heterocycles. The molecule has 0 aliphatic carbocycles. The van der Waals surface area contributed by atoms with E-state index in [9.17, 15) is 9.59 Å². The first-order chi connectivity index (χ1) is 26.5. The average molecular weight is 755 g/mol. The molecule has 0 heterocycles. The van der Waals surface area contributed by atoms with Crippen molar-refractivity contribution in [2.45, 2.75) is 207 Å². The summed E-state index contributed by atoms with van der Waals surface area (Å²) in [5.41, 5.74) is 1.24. The number of amides is 2. The fourth-order valence-electron chi connectivity index (χ4n) is 7.47. The van der Waals surface area contributed by atoms with Crippen LogP contribution in [-0.4, -0.2) is 74.0 Å². The number of hydrogen-bond donors (Lipinski definition) is 2. The minimum absolute atomic E-state index is 0.0554. The van der Waals surface area contributed by atoms with Crippen molar-refractivity contribution in [3.63, 3.8) is 0 Å². The fourth-order valence-corrected chi connectivity index (χ4v) is 7.47. The van der Waals surface area contributed by atoms with E-state index < -0.39 is 0 Å². The summed E-state index contributed by atoms with van der Waals surface area (Å²) in [6.45, 7) is 16.7. The summed E-state index contributed by atoms with van der Waals surface area (Å²) in [7, 11) is 0. The Morgan fingerprint density at radius 3 is 0.815 bits per heavy atom. The van der Waals surface area contributed by atoms with E-state index in [1.807, 2.05) is 0 Å². The molecule has 0 atom stereocenters. The first kappa shape index (κ1) is 50.1. The van der Waals surface area contributed by atoms with Crippen molar-refractivity contribution in [3.8, 4) is 0 Å². The lowest BCUT2D eigenvalue weighted by Gasteiger charge is -2.23. The molecule has 1 aromatic carbocycles. The molecule has 0 spiro atoms. The molecular weight excluding hydrogens is 665 g/mol. The van der Waals surface area contributed by atoms with Gasteiger partial charge in [-0.25, -0.2) is 0 Å². The maximum Gasteiger partial charge on any atom is 0.251 e. The molecule has 1 rings (SSSR count). The van der Waals surface area contributed by atoms with Gasteiger partial charge < -0.3 is 20.4 Å². The maximum absolute atomic E-state index is 13.0. The van der Waals surface area contributed by atoms with Crippen LogP contribution in [0.3, 0.4) is 0 Å². The summed E-state index contributed by atoms with van der Waals surface area (Å²) in [4.78, 5) is 31.2. The quantitative estimate of drug-likeness (QED) is 0.0655. The van der Waals surface area contributed by atoms with E-state index in [1.54, 1.807) is 24.3 Å². The molecule has 2 amide bonds. The van der Waals surface area contributed by atoms with E-state index in [2.05, 4.69) is 48.1 Å². The van der Waals surface area contributed by atoms with E-state index in [-0.39, 0.29) is 11.8 Å². The van der Waals surface area contributed by atoms with Gasteiger partial charge >= 0.3 is 0 Å². The molecule has 314 valence electrons. The maximum atomic E-state index is 13.0. The lowest BCUT2D eigenvalue weighted by Crippen LogP contribution is -2.36. The van der Waals surface area contributed by atoms with Crippen LogP contribution in [0.4, 0.5) is 0 Å². The van der Waals surface area contributed by atoms with Gasteiger partial charge in [-0.2, -0.15) is 0 Å². The Balaban J connectivity index is 2.50. The molecule has 54 heavy (non-hydrogen) atoms. The molecular formula is C48H90N4O2. The minimum atomic E-state index is -0.0554. The first-order valence-corrected chi connectivity index (χ1v) is 23.7. The molecule has 0 fully saturated rings. The minimum Gasteiger partial charge on any atom is -0.351 e. The van der Waals surface area contributed by atoms with Crippen LogP contribution in [0.2, 0.25) is 0 Å². The fraction of sp³-hybridized carbons (Fsp3) is 0.833. The molecule has 6 nitrogen and oxygen atoms in total. The van der Waals surface area contributed by atoms with Crippen molar-refractivity contribution in [2.24, 2.45) is 0 Å². The second-order valence-corrected chi connectivity index (χ2v) is 16.3. The van der Waals surface area contributed by atoms with Crippen LogP contribution in [0.1, 0.15) is 228 Å². The zero-order valence-corrected chi connectivity index (χ0v) is 36.5. The van der Waals surface area contributed by atoms with Crippen LogP contribution in [0, 0.1) is 0 Å². The number of nitrogens with one attached hydrogen (secondary N) is 2. The monoisotopic (exact) mass is 755 g/mol. The van der Waals surface area contributed by atoms with Crippen molar-refractivity contribution in [1.82, 2.24) is 20.4 Å². The average Bonchev–Trinajstić information content (AvgIpc) is 3.18. The van der Waals surface area contributed by atoms with Gasteiger partial charge in [0.15, 0.2) is 0 Å². The lowest BCUT2D eigenvalue weighted by molar-refractivity contribution is 0.0936. The number of hydrogen-bond acceptors (Lipinski definition) is 4. The smallest absolute Gasteiger partial charge is 0.251 e. The molecule has 1 aromatic rings. The third kappa shape index (κ3) is 29.4. The molecule has 0 aliphatic heterocycles. The summed E-state index contributed by atoms with van der Waals surface area (Å²) < 4.78 is 0. The zero-order valence-electron chi connectivity index (χ0n) is 36.5. The number of carbonyl (C=O) groups is 2. The van der Waals surface area contributed by atoms with Crippen LogP contribution < -0.4 is 10.6 Å². The predicted molar refractivity (Wildman–Crippen MR) is 236 cm³/mol. The highest BCUT2D eigenvalue weighted by Gasteiger charge is 2.12. The highest BCUT2D eigenvalue weighted by atomic mass is 16.2. The van der Waals surface area contributed by atoms with Crippen LogP contribution >= 0.6 is 0 Å². The number of unbranched alkanes of at least 4 members (excludes halogenated alkanes) is 24. The number of nitrogens with zero attached hydrogens (tertiary/aromatic N) is 2. The summed E-state index contributed by atoms with van der Waals surface area (Å²) in [6, 6.07) is 7.19. The Morgan fingerprint density at radius 1 is 0.352 bits per heavy atom. The third-order valence-electron chi connectivity index (χ3n) is 11.1. The van der Waals surface area contributed by atoms with Crippen molar-refractivity contribution >= 4 is 11.8 Å². The topological polar surface area (TPSA) is 64.7 Å². The van der Waals surface area contributed by atoms with E-state index in [0.29, 0.717) is 24.2 Å². The predicted octanol–water partition coefficient (Wildman–Crippen LogP) is 12.8. The molecule has 0 saturated carbocycles. The Kier molecular flexibility index (Phi) is 35.2. The highest BCUT2D eigenvalue weighted by Crippen LogP contribution is 2.13. The third-order valence-corrected chi connectivity index (χ3v) is 11.1. The summed E-state index contributed by atoms with van der Waals surface area (Å²) >= 11 is 0. The van der Waals surface area contributed by atoms with E-state index in [0.717, 1.165) is 39.3 Å². The molecule has 0 saturated heterocycles. The molecule has 0 bridgehead atoms. The van der Waals surface area contributed by atoms with Gasteiger partial charge in [0.05, 0.1) is 0 Å². The van der Waals surface area contributed by atoms with Gasteiger partial charge in [-0.1, -0.05) is 182 Å². The van der Waals surface area contributed by atoms with Crippen molar-refractivity contribution in [2.75, 3.05) is 52.4 Å². The largest absolute Gasteiger partial charge is 0.351 e. The molecule has 0 unspecified atom stereocenters. The Bertz CT molecular complexity index is 855. The van der Waals surface area contributed by atoms with Crippen LogP contribution in [-0.2, 0) is 0 Å². The highest BCUT2D eigenvalue weighted by molar-refractivity contribution is 5.97. The van der Waals surface area contributed by atoms with Crippen molar-refractivity contribution < 1.29 is 9.59 Å². The summed E-state index contributed by atoms with van der Waals surface area (Å²) in [6.07, 6.45) is 37.1. The van der Waals surface area contributed by atoms with Crippen LogP contribution in [0.15, 0.2) is 24.3 Å². The zero-order chi connectivity index (χ0) is 39.2. The van der Waals surface area contributed by atoms with Gasteiger partial charge in [-0.3, -0.25) is 9.59 Å². The standard InChI is InChI=1S/C48H90N4O2/c1-5-9-13-17-21-25-29-39-51(40-30-26-22-18-14-10-6-2)43-37-49-47(53)45-33-35-46(36-34-45)48(54)50-38-44-52(41-31-27-23-19-15-11-7-3)42-32-28-24-20-16-12-8-4/h33-36H,5-32,37-44H2,1-4H3,(H,49,53)(H,50,54). The van der Waals surface area contributed by atoms with Gasteiger partial charge in [-0.15, -0.1) is 0 Å². The van der Waals surface area contributed by atoms with E-state index >= 15 is 0 Å². The van der Waals surface area contributed by atoms with Gasteiger partial charge in [0.25, 0.3) is 11.8 Å². The Morgan fingerprint density at radius 2 is 0.574 bits per heavy atom. The molecule has 6 heteroatoms. The Hall–Kier alpha value is -1.92. The van der Waals surface area contributed by atoms with E-state index in [4.69, 9.17) is 0 Å². The van der Waals surface area contributed by atoms with Gasteiger partial charge in [-0.05, 0) is 76.1 Å². The number of benzene rings is 1. The molecule has 2 N–H and O–H groups in total. The van der Waals surface area contributed by atoms with Crippen LogP contribution in [0.5, 0.6) is 0 Å². The number of carbonyl (C=O) groups excluding carboxylic acids is 2. The van der Waals surface area contributed by atoms with Gasteiger partial charge in [0, 0.05) is 37.3 Å². The summed E-state index contributed by atoms with van der Waals surface area (Å²) in [5.74, 6) is -0.111. The normalized spacial score (nSPS) is 11.5. The first-order valence-electron chi connectivity index (χ1n) is 23.7. The lowest BCUT2D eigenvalue weighted by atomic mass is 10.1. The summed E-state index contributed by atoms with van der Waals surface area (Å²) in [5, 5.41) is 6.31. The second-order valence-electron chi connectivity index (χ2n) is 16.3. The molecule has 0 radical (unpaired) electrons. The van der Waals surface area contributed by atoms with Gasteiger partial charge in [0.2, 0.25) is 0 Å². The van der Waals surface area contributed by atoms with Crippen molar-refractivity contribution in [1.29, 1.82) is 0 Å². The SMILES string of the molecule is CCCCCCCCCN(CCCCCCCCC)CCNC(=O)c1ccc(C(=O)NCCN(CCCCCCCCC)CCCCCCCCC)cc1.